The topological polar surface area (TPSA) is 77.7 Å². The third-order valence-electron chi connectivity index (χ3n) is 3.88. The number of piperidine rings is 1. The Morgan fingerprint density at radius 2 is 2.05 bits per heavy atom. The first-order valence-electron chi connectivity index (χ1n) is 7.46. The molecule has 1 aromatic rings. The van der Waals surface area contributed by atoms with E-state index in [0.29, 0.717) is 5.92 Å². The number of nitrogens with two attached hydrogens (primary N) is 1. The SMILES string of the molecule is NC1N=C(N2CCC(CNSc3ccc(Br)cc3)CC2)NN1. The van der Waals surface area contributed by atoms with Crippen molar-refractivity contribution in [2.75, 3.05) is 19.6 Å². The van der Waals surface area contributed by atoms with Gasteiger partial charge in [-0.05, 0) is 55.0 Å². The summed E-state index contributed by atoms with van der Waals surface area (Å²) in [5, 5.41) is 0. The van der Waals surface area contributed by atoms with Gasteiger partial charge in [-0.15, -0.1) is 0 Å². The van der Waals surface area contributed by atoms with Crippen LogP contribution in [0.25, 0.3) is 0 Å². The molecular weight excluding hydrogens is 364 g/mol. The molecule has 2 aliphatic rings. The Balaban J connectivity index is 1.37. The van der Waals surface area contributed by atoms with Crippen molar-refractivity contribution in [1.29, 1.82) is 0 Å². The molecule has 2 aliphatic heterocycles. The minimum absolute atomic E-state index is 0.323. The summed E-state index contributed by atoms with van der Waals surface area (Å²) in [5.41, 5.74) is 11.6. The van der Waals surface area contributed by atoms with Crippen LogP contribution < -0.4 is 21.3 Å². The van der Waals surface area contributed by atoms with E-state index in [9.17, 15) is 0 Å². The van der Waals surface area contributed by atoms with E-state index in [1.165, 1.54) is 17.7 Å². The molecule has 0 bridgehead atoms. The van der Waals surface area contributed by atoms with Crippen LogP contribution >= 0.6 is 27.9 Å². The van der Waals surface area contributed by atoms with Crippen molar-refractivity contribution >= 4 is 33.8 Å². The molecule has 1 saturated heterocycles. The van der Waals surface area contributed by atoms with Crippen molar-refractivity contribution in [1.82, 2.24) is 20.5 Å². The average Bonchev–Trinajstić information content (AvgIpc) is 2.97. The van der Waals surface area contributed by atoms with Crippen LogP contribution in [0.1, 0.15) is 12.8 Å². The first-order valence-corrected chi connectivity index (χ1v) is 9.07. The van der Waals surface area contributed by atoms with Crippen LogP contribution in [0, 0.1) is 5.92 Å². The number of halogens is 1. The molecule has 5 N–H and O–H groups in total. The minimum Gasteiger partial charge on any atom is -0.342 e. The lowest BCUT2D eigenvalue weighted by molar-refractivity contribution is 0.262. The fourth-order valence-corrected chi connectivity index (χ4v) is 3.61. The maximum absolute atomic E-state index is 5.69. The van der Waals surface area contributed by atoms with E-state index in [1.54, 1.807) is 11.9 Å². The molecule has 0 spiro atoms. The summed E-state index contributed by atoms with van der Waals surface area (Å²) >= 11 is 5.15. The molecule has 1 atom stereocenters. The maximum atomic E-state index is 5.69. The summed E-state index contributed by atoms with van der Waals surface area (Å²) in [6.07, 6.45) is 2.02. The zero-order chi connectivity index (χ0) is 15.4. The predicted octanol–water partition coefficient (Wildman–Crippen LogP) is 1.46. The van der Waals surface area contributed by atoms with Gasteiger partial charge in [-0.2, -0.15) is 5.43 Å². The highest BCUT2D eigenvalue weighted by molar-refractivity contribution is 9.10. The maximum Gasteiger partial charge on any atom is 0.211 e. The highest BCUT2D eigenvalue weighted by Crippen LogP contribution is 2.21. The quantitative estimate of drug-likeness (QED) is 0.588. The third-order valence-corrected chi connectivity index (χ3v) is 5.23. The summed E-state index contributed by atoms with van der Waals surface area (Å²) in [6.45, 7) is 3.08. The number of hydrogen-bond acceptors (Lipinski definition) is 7. The van der Waals surface area contributed by atoms with Gasteiger partial charge in [0.25, 0.3) is 0 Å². The fraction of sp³-hybridized carbons (Fsp3) is 0.500. The lowest BCUT2D eigenvalue weighted by Gasteiger charge is -2.32. The lowest BCUT2D eigenvalue weighted by atomic mass is 9.97. The van der Waals surface area contributed by atoms with E-state index < -0.39 is 0 Å². The molecule has 0 amide bonds. The van der Waals surface area contributed by atoms with Crippen LogP contribution in [-0.4, -0.2) is 36.8 Å². The second-order valence-corrected chi connectivity index (χ2v) is 7.38. The first kappa shape index (κ1) is 16.1. The molecule has 1 unspecified atom stereocenters. The van der Waals surface area contributed by atoms with E-state index in [1.807, 2.05) is 0 Å². The molecule has 2 heterocycles. The number of nitrogens with zero attached hydrogens (tertiary/aromatic N) is 2. The molecule has 120 valence electrons. The van der Waals surface area contributed by atoms with Crippen molar-refractivity contribution in [3.05, 3.63) is 28.7 Å². The zero-order valence-corrected chi connectivity index (χ0v) is 14.7. The van der Waals surface area contributed by atoms with Crippen molar-refractivity contribution in [3.8, 4) is 0 Å². The molecule has 22 heavy (non-hydrogen) atoms. The number of likely N-dealkylation sites (tertiary alicyclic amines) is 1. The van der Waals surface area contributed by atoms with Crippen molar-refractivity contribution in [3.63, 3.8) is 0 Å². The molecule has 0 radical (unpaired) electrons. The van der Waals surface area contributed by atoms with E-state index in [2.05, 4.69) is 65.7 Å². The van der Waals surface area contributed by atoms with Crippen LogP contribution in [0.4, 0.5) is 0 Å². The molecule has 1 fully saturated rings. The predicted molar refractivity (Wildman–Crippen MR) is 94.0 cm³/mol. The Morgan fingerprint density at radius 1 is 1.32 bits per heavy atom. The molecule has 3 rings (SSSR count). The van der Waals surface area contributed by atoms with E-state index in [4.69, 9.17) is 5.73 Å². The van der Waals surface area contributed by atoms with Crippen LogP contribution in [0.2, 0.25) is 0 Å². The summed E-state index contributed by atoms with van der Waals surface area (Å²) in [4.78, 5) is 7.82. The average molecular weight is 385 g/mol. The monoisotopic (exact) mass is 384 g/mol. The smallest absolute Gasteiger partial charge is 0.211 e. The van der Waals surface area contributed by atoms with Gasteiger partial charge in [0.1, 0.15) is 0 Å². The van der Waals surface area contributed by atoms with Gasteiger partial charge in [-0.25, -0.2) is 4.99 Å². The molecule has 0 aliphatic carbocycles. The number of guanidine groups is 1. The second kappa shape index (κ2) is 7.65. The van der Waals surface area contributed by atoms with E-state index >= 15 is 0 Å². The molecule has 8 heteroatoms. The fourth-order valence-electron chi connectivity index (χ4n) is 2.59. The van der Waals surface area contributed by atoms with Gasteiger partial charge in [0.05, 0.1) is 0 Å². The first-order chi connectivity index (χ1) is 10.7. The molecule has 0 saturated carbocycles. The Labute approximate surface area is 143 Å². The summed E-state index contributed by atoms with van der Waals surface area (Å²) in [6, 6.07) is 8.36. The van der Waals surface area contributed by atoms with E-state index in [-0.39, 0.29) is 6.29 Å². The van der Waals surface area contributed by atoms with Gasteiger partial charge in [-0.3, -0.25) is 15.9 Å². The third kappa shape index (κ3) is 4.36. The summed E-state index contributed by atoms with van der Waals surface area (Å²) in [5.74, 6) is 1.59. The van der Waals surface area contributed by atoms with Crippen LogP contribution in [0.15, 0.2) is 38.6 Å². The molecule has 1 aromatic carbocycles. The Hall–Kier alpha value is -0.800. The number of rotatable bonds is 4. The Kier molecular flexibility index (Phi) is 5.59. The number of benzene rings is 1. The van der Waals surface area contributed by atoms with Gasteiger partial charge in [-0.1, -0.05) is 15.9 Å². The number of hydrazine groups is 1. The largest absolute Gasteiger partial charge is 0.342 e. The molecule has 6 nitrogen and oxygen atoms in total. The van der Waals surface area contributed by atoms with Crippen molar-refractivity contribution in [2.45, 2.75) is 24.0 Å². The highest BCUT2D eigenvalue weighted by Gasteiger charge is 2.24. The number of aliphatic imine (C=N–C) groups is 1. The second-order valence-electron chi connectivity index (χ2n) is 5.50. The van der Waals surface area contributed by atoms with Crippen molar-refractivity contribution in [2.24, 2.45) is 16.6 Å². The number of hydrogen-bond donors (Lipinski definition) is 4. The normalized spacial score (nSPS) is 22.5. The Bertz CT molecular complexity index is 515. The number of nitrogens with one attached hydrogen (secondary N) is 3. The highest BCUT2D eigenvalue weighted by atomic mass is 79.9. The summed E-state index contributed by atoms with van der Waals surface area (Å²) in [7, 11) is 0. The minimum atomic E-state index is -0.323. The Morgan fingerprint density at radius 3 is 2.68 bits per heavy atom. The lowest BCUT2D eigenvalue weighted by Crippen LogP contribution is -2.48. The van der Waals surface area contributed by atoms with Gasteiger partial charge in [0.15, 0.2) is 6.29 Å². The molecular formula is C14H21BrN6S. The van der Waals surface area contributed by atoms with Crippen LogP contribution in [-0.2, 0) is 0 Å². The van der Waals surface area contributed by atoms with E-state index in [0.717, 1.165) is 30.1 Å². The van der Waals surface area contributed by atoms with Gasteiger partial charge >= 0.3 is 0 Å². The van der Waals surface area contributed by atoms with Gasteiger partial charge < -0.3 is 4.90 Å². The zero-order valence-electron chi connectivity index (χ0n) is 12.3. The van der Waals surface area contributed by atoms with Crippen LogP contribution in [0.5, 0.6) is 0 Å². The molecule has 0 aromatic heterocycles. The van der Waals surface area contributed by atoms with Crippen molar-refractivity contribution < 1.29 is 0 Å². The summed E-state index contributed by atoms with van der Waals surface area (Å²) < 4.78 is 4.60. The van der Waals surface area contributed by atoms with Crippen LogP contribution in [0.3, 0.4) is 0 Å². The van der Waals surface area contributed by atoms with Gasteiger partial charge in [0.2, 0.25) is 5.96 Å². The standard InChI is InChI=1S/C14H21BrN6S/c15-11-1-3-12(4-2-11)22-17-9-10-5-7-21(8-6-10)14-18-13(16)19-20-14/h1-4,10,13,17,19H,5-9,16H2,(H,18,20). The van der Waals surface area contributed by atoms with Gasteiger partial charge in [0, 0.05) is 29.0 Å².